The zero-order valence-electron chi connectivity index (χ0n) is 15.9. The van der Waals surface area contributed by atoms with E-state index >= 15 is 0 Å². The number of ether oxygens (including phenoxy) is 1. The molecule has 1 aromatic heterocycles. The van der Waals surface area contributed by atoms with Gasteiger partial charge in [-0.05, 0) is 31.5 Å². The van der Waals surface area contributed by atoms with Gasteiger partial charge in [0.2, 0.25) is 0 Å². The van der Waals surface area contributed by atoms with Crippen LogP contribution in [0.1, 0.15) is 19.4 Å². The predicted molar refractivity (Wildman–Crippen MR) is 111 cm³/mol. The SMILES string of the molecule is CC(C)(CNc1c(N)cnc2cc(OCc3ccccc3)ccc12)NC(=O)O. The first-order valence-corrected chi connectivity index (χ1v) is 8.94. The summed E-state index contributed by atoms with van der Waals surface area (Å²) in [5.74, 6) is 0.715. The van der Waals surface area contributed by atoms with Gasteiger partial charge in [0.15, 0.2) is 0 Å². The van der Waals surface area contributed by atoms with Crippen molar-refractivity contribution >= 4 is 28.4 Å². The Labute approximate surface area is 163 Å². The molecule has 0 atom stereocenters. The standard InChI is InChI=1S/C21H24N4O3/c1-21(2,25-20(26)27)13-24-19-16-9-8-15(10-18(16)23-11-17(19)22)28-12-14-6-4-3-5-7-14/h3-11,25H,12-13,22H2,1-2H3,(H,23,24)(H,26,27). The van der Waals surface area contributed by atoms with Crippen LogP contribution in [0.5, 0.6) is 5.75 Å². The number of carboxylic acid groups (broad SMARTS) is 1. The Bertz CT molecular complexity index is 974. The van der Waals surface area contributed by atoms with Crippen LogP contribution >= 0.6 is 0 Å². The summed E-state index contributed by atoms with van der Waals surface area (Å²) in [6, 6.07) is 15.6. The van der Waals surface area contributed by atoms with Gasteiger partial charge in [0, 0.05) is 18.0 Å². The van der Waals surface area contributed by atoms with Gasteiger partial charge in [-0.15, -0.1) is 0 Å². The summed E-state index contributed by atoms with van der Waals surface area (Å²) >= 11 is 0. The lowest BCUT2D eigenvalue weighted by atomic mass is 10.1. The molecule has 146 valence electrons. The molecular weight excluding hydrogens is 356 g/mol. The van der Waals surface area contributed by atoms with Crippen molar-refractivity contribution in [3.8, 4) is 5.75 Å². The highest BCUT2D eigenvalue weighted by Crippen LogP contribution is 2.30. The molecule has 0 unspecified atom stereocenters. The molecule has 1 amide bonds. The fourth-order valence-electron chi connectivity index (χ4n) is 2.86. The van der Waals surface area contributed by atoms with Gasteiger partial charge in [0.25, 0.3) is 0 Å². The smallest absolute Gasteiger partial charge is 0.405 e. The monoisotopic (exact) mass is 380 g/mol. The third kappa shape index (κ3) is 4.82. The third-order valence-electron chi connectivity index (χ3n) is 4.27. The molecule has 0 aliphatic carbocycles. The van der Waals surface area contributed by atoms with Crippen molar-refractivity contribution in [1.82, 2.24) is 10.3 Å². The van der Waals surface area contributed by atoms with Crippen molar-refractivity contribution in [3.05, 3.63) is 60.3 Å². The number of fused-ring (bicyclic) bond motifs is 1. The fraction of sp³-hybridized carbons (Fsp3) is 0.238. The second-order valence-electron chi connectivity index (χ2n) is 7.21. The van der Waals surface area contributed by atoms with E-state index in [0.29, 0.717) is 24.6 Å². The van der Waals surface area contributed by atoms with Gasteiger partial charge in [0.1, 0.15) is 12.4 Å². The second kappa shape index (κ2) is 8.04. The number of hydrogen-bond acceptors (Lipinski definition) is 5. The van der Waals surface area contributed by atoms with Crippen LogP contribution in [-0.4, -0.2) is 28.3 Å². The van der Waals surface area contributed by atoms with Crippen LogP contribution in [0, 0.1) is 0 Å². The van der Waals surface area contributed by atoms with Gasteiger partial charge in [-0.25, -0.2) is 4.79 Å². The van der Waals surface area contributed by atoms with Gasteiger partial charge in [0.05, 0.1) is 28.6 Å². The molecule has 0 fully saturated rings. The number of nitrogens with one attached hydrogen (secondary N) is 2. The van der Waals surface area contributed by atoms with Crippen LogP contribution in [0.15, 0.2) is 54.7 Å². The normalized spacial score (nSPS) is 11.2. The van der Waals surface area contributed by atoms with Crippen LogP contribution in [0.25, 0.3) is 10.9 Å². The van der Waals surface area contributed by atoms with E-state index in [2.05, 4.69) is 15.6 Å². The average molecular weight is 380 g/mol. The molecule has 0 aliphatic rings. The Kier molecular flexibility index (Phi) is 5.54. The molecule has 1 heterocycles. The van der Waals surface area contributed by atoms with Gasteiger partial charge < -0.3 is 26.2 Å². The first-order valence-electron chi connectivity index (χ1n) is 8.94. The third-order valence-corrected chi connectivity index (χ3v) is 4.27. The minimum absolute atomic E-state index is 0.370. The molecule has 0 saturated heterocycles. The Morgan fingerprint density at radius 3 is 2.68 bits per heavy atom. The first kappa shape index (κ1) is 19.3. The highest BCUT2D eigenvalue weighted by atomic mass is 16.5. The Morgan fingerprint density at radius 2 is 1.96 bits per heavy atom. The number of rotatable bonds is 7. The van der Waals surface area contributed by atoms with Crippen LogP contribution < -0.4 is 21.1 Å². The van der Waals surface area contributed by atoms with Gasteiger partial charge in [-0.2, -0.15) is 0 Å². The van der Waals surface area contributed by atoms with Crippen LogP contribution in [-0.2, 0) is 6.61 Å². The van der Waals surface area contributed by atoms with Gasteiger partial charge in [-0.1, -0.05) is 30.3 Å². The number of nitrogens with two attached hydrogens (primary N) is 1. The Hall–Kier alpha value is -3.48. The lowest BCUT2D eigenvalue weighted by Crippen LogP contribution is -2.47. The highest BCUT2D eigenvalue weighted by Gasteiger charge is 2.20. The van der Waals surface area contributed by atoms with Gasteiger partial charge in [-0.3, -0.25) is 4.98 Å². The molecule has 0 saturated carbocycles. The molecule has 7 heteroatoms. The van der Waals surface area contributed by atoms with E-state index in [-0.39, 0.29) is 0 Å². The molecule has 0 radical (unpaired) electrons. The summed E-state index contributed by atoms with van der Waals surface area (Å²) in [7, 11) is 0. The van der Waals surface area contributed by atoms with Crippen molar-refractivity contribution in [1.29, 1.82) is 0 Å². The molecule has 0 spiro atoms. The van der Waals surface area contributed by atoms with Crippen molar-refractivity contribution < 1.29 is 14.6 Å². The fourth-order valence-corrected chi connectivity index (χ4v) is 2.86. The summed E-state index contributed by atoms with van der Waals surface area (Å²) in [4.78, 5) is 15.3. The van der Waals surface area contributed by atoms with Crippen molar-refractivity contribution in [2.75, 3.05) is 17.6 Å². The maximum Gasteiger partial charge on any atom is 0.405 e. The summed E-state index contributed by atoms with van der Waals surface area (Å²) in [6.45, 7) is 4.43. The maximum absolute atomic E-state index is 10.9. The average Bonchev–Trinajstić information content (AvgIpc) is 2.65. The number of nitrogens with zero attached hydrogens (tertiary/aromatic N) is 1. The number of anilines is 2. The number of benzene rings is 2. The van der Waals surface area contributed by atoms with E-state index < -0.39 is 11.6 Å². The van der Waals surface area contributed by atoms with Crippen molar-refractivity contribution in [3.63, 3.8) is 0 Å². The zero-order chi connectivity index (χ0) is 20.1. The predicted octanol–water partition coefficient (Wildman–Crippen LogP) is 3.85. The largest absolute Gasteiger partial charge is 0.489 e. The number of amides is 1. The quantitative estimate of drug-likeness (QED) is 0.496. The number of pyridine rings is 1. The lowest BCUT2D eigenvalue weighted by Gasteiger charge is -2.26. The summed E-state index contributed by atoms with van der Waals surface area (Å²) < 4.78 is 5.86. The molecule has 7 nitrogen and oxygen atoms in total. The van der Waals surface area contributed by atoms with Gasteiger partial charge >= 0.3 is 6.09 Å². The molecule has 3 rings (SSSR count). The summed E-state index contributed by atoms with van der Waals surface area (Å²) in [5, 5.41) is 15.5. The zero-order valence-corrected chi connectivity index (χ0v) is 15.9. The first-order chi connectivity index (χ1) is 13.3. The van der Waals surface area contributed by atoms with Crippen molar-refractivity contribution in [2.45, 2.75) is 26.0 Å². The Morgan fingerprint density at radius 1 is 1.21 bits per heavy atom. The molecule has 3 aromatic rings. The van der Waals surface area contributed by atoms with Crippen LogP contribution in [0.2, 0.25) is 0 Å². The van der Waals surface area contributed by atoms with E-state index in [9.17, 15) is 4.79 Å². The number of nitrogen functional groups attached to an aromatic ring is 1. The molecule has 5 N–H and O–H groups in total. The maximum atomic E-state index is 10.9. The minimum Gasteiger partial charge on any atom is -0.489 e. The summed E-state index contributed by atoms with van der Waals surface area (Å²) in [6.07, 6.45) is 0.517. The van der Waals surface area contributed by atoms with E-state index in [1.165, 1.54) is 0 Å². The Balaban J connectivity index is 1.78. The molecule has 2 aromatic carbocycles. The molecule has 0 bridgehead atoms. The molecular formula is C21H24N4O3. The topological polar surface area (TPSA) is 110 Å². The lowest BCUT2D eigenvalue weighted by molar-refractivity contribution is 0.183. The van der Waals surface area contributed by atoms with Crippen LogP contribution in [0.4, 0.5) is 16.2 Å². The number of carbonyl (C=O) groups is 1. The van der Waals surface area contributed by atoms with E-state index in [4.69, 9.17) is 15.6 Å². The van der Waals surface area contributed by atoms with E-state index in [1.54, 1.807) is 20.0 Å². The number of aromatic nitrogens is 1. The van der Waals surface area contributed by atoms with E-state index in [1.807, 2.05) is 48.5 Å². The highest BCUT2D eigenvalue weighted by molar-refractivity contribution is 5.97. The van der Waals surface area contributed by atoms with Crippen molar-refractivity contribution in [2.24, 2.45) is 0 Å². The molecule has 0 aliphatic heterocycles. The minimum atomic E-state index is -1.07. The number of hydrogen-bond donors (Lipinski definition) is 4. The van der Waals surface area contributed by atoms with Crippen LogP contribution in [0.3, 0.4) is 0 Å². The molecule has 28 heavy (non-hydrogen) atoms. The second-order valence-corrected chi connectivity index (χ2v) is 7.21. The summed E-state index contributed by atoms with van der Waals surface area (Å²) in [5.41, 5.74) is 8.48. The van der Waals surface area contributed by atoms with E-state index in [0.717, 1.165) is 22.2 Å².